The zero-order valence-electron chi connectivity index (χ0n) is 15.1. The summed E-state index contributed by atoms with van der Waals surface area (Å²) in [4.78, 5) is 25.8. The average Bonchev–Trinajstić information content (AvgIpc) is 2.61. The van der Waals surface area contributed by atoms with Crippen LogP contribution in [0.2, 0.25) is 0 Å². The SMILES string of the molecule is CCc1ccccc1NC(=O)CN(C)CC(=O)NCc1ccc(F)cc1. The highest BCUT2D eigenvalue weighted by Crippen LogP contribution is 2.15. The summed E-state index contributed by atoms with van der Waals surface area (Å²) < 4.78 is 12.9. The molecule has 0 heterocycles. The molecule has 0 aromatic heterocycles. The number of carbonyl (C=O) groups excluding carboxylic acids is 2. The summed E-state index contributed by atoms with van der Waals surface area (Å²) >= 11 is 0. The minimum absolute atomic E-state index is 0.101. The maximum Gasteiger partial charge on any atom is 0.238 e. The van der Waals surface area contributed by atoms with Crippen molar-refractivity contribution >= 4 is 17.5 Å². The Morgan fingerprint density at radius 3 is 2.35 bits per heavy atom. The zero-order chi connectivity index (χ0) is 18.9. The number of halogens is 1. The van der Waals surface area contributed by atoms with Gasteiger partial charge in [-0.1, -0.05) is 37.3 Å². The van der Waals surface area contributed by atoms with Crippen LogP contribution in [0, 0.1) is 5.82 Å². The third-order valence-corrected chi connectivity index (χ3v) is 3.90. The van der Waals surface area contributed by atoms with E-state index >= 15 is 0 Å². The van der Waals surface area contributed by atoms with Gasteiger partial charge in [0.15, 0.2) is 0 Å². The van der Waals surface area contributed by atoms with Gasteiger partial charge in [0.05, 0.1) is 13.1 Å². The Morgan fingerprint density at radius 1 is 1.00 bits per heavy atom. The molecule has 26 heavy (non-hydrogen) atoms. The standard InChI is InChI=1S/C20H24FN3O2/c1-3-16-6-4-5-7-18(16)23-20(26)14-24(2)13-19(25)22-12-15-8-10-17(21)11-9-15/h4-11H,3,12-14H2,1-2H3,(H,22,25)(H,23,26). The van der Waals surface area contributed by atoms with Crippen molar-refractivity contribution in [2.75, 3.05) is 25.5 Å². The smallest absolute Gasteiger partial charge is 0.238 e. The van der Waals surface area contributed by atoms with Crippen LogP contribution >= 0.6 is 0 Å². The van der Waals surface area contributed by atoms with Crippen molar-refractivity contribution in [1.29, 1.82) is 0 Å². The van der Waals surface area contributed by atoms with Crippen LogP contribution in [0.25, 0.3) is 0 Å². The summed E-state index contributed by atoms with van der Waals surface area (Å²) in [5.41, 5.74) is 2.69. The van der Waals surface area contributed by atoms with Crippen molar-refractivity contribution < 1.29 is 14.0 Å². The molecule has 2 aromatic rings. The summed E-state index contributed by atoms with van der Waals surface area (Å²) in [5, 5.41) is 5.64. The van der Waals surface area contributed by atoms with E-state index in [-0.39, 0.29) is 30.7 Å². The van der Waals surface area contributed by atoms with Crippen LogP contribution in [0.15, 0.2) is 48.5 Å². The number of aryl methyl sites for hydroxylation is 1. The number of amides is 2. The molecule has 0 atom stereocenters. The van der Waals surface area contributed by atoms with Crippen LogP contribution in [0.3, 0.4) is 0 Å². The van der Waals surface area contributed by atoms with Gasteiger partial charge in [0.1, 0.15) is 5.82 Å². The predicted octanol–water partition coefficient (Wildman–Crippen LogP) is 2.57. The molecule has 0 aliphatic rings. The van der Waals surface area contributed by atoms with Crippen LogP contribution in [0.4, 0.5) is 10.1 Å². The molecule has 0 bridgehead atoms. The van der Waals surface area contributed by atoms with Crippen LogP contribution in [0.5, 0.6) is 0 Å². The number of nitrogens with zero attached hydrogens (tertiary/aromatic N) is 1. The summed E-state index contributed by atoms with van der Waals surface area (Å²) in [6.07, 6.45) is 0.831. The Kier molecular flexibility index (Phi) is 7.29. The van der Waals surface area contributed by atoms with Crippen molar-refractivity contribution in [2.24, 2.45) is 0 Å². The van der Waals surface area contributed by atoms with E-state index in [9.17, 15) is 14.0 Å². The van der Waals surface area contributed by atoms with Crippen LogP contribution in [-0.4, -0.2) is 36.9 Å². The van der Waals surface area contributed by atoms with Gasteiger partial charge < -0.3 is 10.6 Å². The normalized spacial score (nSPS) is 10.6. The fraction of sp³-hybridized carbons (Fsp3) is 0.300. The number of para-hydroxylation sites is 1. The largest absolute Gasteiger partial charge is 0.351 e. The molecule has 138 valence electrons. The molecule has 0 aliphatic carbocycles. The number of likely N-dealkylation sites (N-methyl/N-ethyl adjacent to an activating group) is 1. The molecule has 6 heteroatoms. The van der Waals surface area contributed by atoms with E-state index in [1.807, 2.05) is 31.2 Å². The summed E-state index contributed by atoms with van der Waals surface area (Å²) in [6.45, 7) is 2.57. The zero-order valence-corrected chi connectivity index (χ0v) is 15.1. The van der Waals surface area contributed by atoms with E-state index in [4.69, 9.17) is 0 Å². The van der Waals surface area contributed by atoms with Gasteiger partial charge in [-0.15, -0.1) is 0 Å². The van der Waals surface area contributed by atoms with Crippen molar-refractivity contribution in [3.8, 4) is 0 Å². The molecule has 0 fully saturated rings. The molecule has 0 aliphatic heterocycles. The number of carbonyl (C=O) groups is 2. The molecular formula is C20H24FN3O2. The van der Waals surface area contributed by atoms with Crippen LogP contribution in [-0.2, 0) is 22.6 Å². The van der Waals surface area contributed by atoms with Gasteiger partial charge in [-0.25, -0.2) is 4.39 Å². The number of anilines is 1. The molecule has 0 saturated carbocycles. The maximum atomic E-state index is 12.9. The lowest BCUT2D eigenvalue weighted by molar-refractivity contribution is -0.123. The molecule has 0 saturated heterocycles. The molecule has 0 unspecified atom stereocenters. The molecule has 2 N–H and O–H groups in total. The quantitative estimate of drug-likeness (QED) is 0.763. The molecule has 2 amide bonds. The molecule has 0 radical (unpaired) electrons. The number of rotatable bonds is 8. The Labute approximate surface area is 153 Å². The van der Waals surface area contributed by atoms with E-state index in [0.29, 0.717) is 6.54 Å². The molecule has 5 nitrogen and oxygen atoms in total. The Bertz CT molecular complexity index is 747. The van der Waals surface area contributed by atoms with E-state index in [1.54, 1.807) is 24.1 Å². The number of hydrogen-bond donors (Lipinski definition) is 2. The fourth-order valence-electron chi connectivity index (χ4n) is 2.55. The average molecular weight is 357 g/mol. The van der Waals surface area contributed by atoms with Gasteiger partial charge in [0.2, 0.25) is 11.8 Å². The van der Waals surface area contributed by atoms with E-state index in [2.05, 4.69) is 10.6 Å². The fourth-order valence-corrected chi connectivity index (χ4v) is 2.55. The van der Waals surface area contributed by atoms with Crippen molar-refractivity contribution in [3.63, 3.8) is 0 Å². The lowest BCUT2D eigenvalue weighted by atomic mass is 10.1. The summed E-state index contributed by atoms with van der Waals surface area (Å²) in [7, 11) is 1.71. The highest BCUT2D eigenvalue weighted by molar-refractivity contribution is 5.93. The third kappa shape index (κ3) is 6.29. The van der Waals surface area contributed by atoms with Gasteiger partial charge in [0, 0.05) is 12.2 Å². The molecular weight excluding hydrogens is 333 g/mol. The van der Waals surface area contributed by atoms with Gasteiger partial charge in [-0.3, -0.25) is 14.5 Å². The second-order valence-electron chi connectivity index (χ2n) is 6.13. The maximum absolute atomic E-state index is 12.9. The van der Waals surface area contributed by atoms with Gasteiger partial charge in [-0.05, 0) is 42.8 Å². The van der Waals surface area contributed by atoms with Gasteiger partial charge >= 0.3 is 0 Å². The first-order valence-corrected chi connectivity index (χ1v) is 8.55. The van der Waals surface area contributed by atoms with Crippen molar-refractivity contribution in [3.05, 3.63) is 65.5 Å². The number of benzene rings is 2. The number of nitrogens with one attached hydrogen (secondary N) is 2. The van der Waals surface area contributed by atoms with Gasteiger partial charge in [0.25, 0.3) is 0 Å². The lowest BCUT2D eigenvalue weighted by Gasteiger charge is -2.17. The lowest BCUT2D eigenvalue weighted by Crippen LogP contribution is -2.38. The Morgan fingerprint density at radius 2 is 1.65 bits per heavy atom. The third-order valence-electron chi connectivity index (χ3n) is 3.90. The van der Waals surface area contributed by atoms with Crippen LogP contribution in [0.1, 0.15) is 18.1 Å². The summed E-state index contributed by atoms with van der Waals surface area (Å²) in [5.74, 6) is -0.672. The molecule has 2 rings (SSSR count). The molecule has 2 aromatic carbocycles. The Balaban J connectivity index is 1.76. The minimum Gasteiger partial charge on any atom is -0.351 e. The first-order chi connectivity index (χ1) is 12.5. The first-order valence-electron chi connectivity index (χ1n) is 8.55. The Hall–Kier alpha value is -2.73. The minimum atomic E-state index is -0.310. The first kappa shape index (κ1) is 19.6. The summed E-state index contributed by atoms with van der Waals surface area (Å²) in [6, 6.07) is 13.6. The second kappa shape index (κ2) is 9.68. The van der Waals surface area contributed by atoms with E-state index < -0.39 is 0 Å². The van der Waals surface area contributed by atoms with Gasteiger partial charge in [-0.2, -0.15) is 0 Å². The van der Waals surface area contributed by atoms with Crippen molar-refractivity contribution in [1.82, 2.24) is 10.2 Å². The number of hydrogen-bond acceptors (Lipinski definition) is 3. The molecule has 0 spiro atoms. The van der Waals surface area contributed by atoms with Crippen LogP contribution < -0.4 is 10.6 Å². The topological polar surface area (TPSA) is 61.4 Å². The van der Waals surface area contributed by atoms with Crippen molar-refractivity contribution in [2.45, 2.75) is 19.9 Å². The van der Waals surface area contributed by atoms with E-state index in [0.717, 1.165) is 23.2 Å². The second-order valence-corrected chi connectivity index (χ2v) is 6.13. The monoisotopic (exact) mass is 357 g/mol. The highest BCUT2D eigenvalue weighted by Gasteiger charge is 2.12. The highest BCUT2D eigenvalue weighted by atomic mass is 19.1. The van der Waals surface area contributed by atoms with E-state index in [1.165, 1.54) is 12.1 Å². The predicted molar refractivity (Wildman–Crippen MR) is 100 cm³/mol.